The molecule has 2 aromatic rings. The predicted molar refractivity (Wildman–Crippen MR) is 123 cm³/mol. The molecule has 31 heavy (non-hydrogen) atoms. The second kappa shape index (κ2) is 9.00. The van der Waals surface area contributed by atoms with Crippen LogP contribution in [0.3, 0.4) is 0 Å². The van der Waals surface area contributed by atoms with Crippen LogP contribution in [0.25, 0.3) is 0 Å². The van der Waals surface area contributed by atoms with Crippen LogP contribution < -0.4 is 14.5 Å². The Morgan fingerprint density at radius 1 is 1.00 bits per heavy atom. The number of anilines is 2. The molecule has 164 valence electrons. The maximum Gasteiger partial charge on any atom is 0.228 e. The van der Waals surface area contributed by atoms with Crippen molar-refractivity contribution < 1.29 is 14.3 Å². The molecular formula is C25H31N3O3. The molecule has 2 fully saturated rings. The van der Waals surface area contributed by atoms with E-state index in [-0.39, 0.29) is 17.7 Å². The largest absolute Gasteiger partial charge is 0.497 e. The molecule has 2 aromatic carbocycles. The lowest BCUT2D eigenvalue weighted by Gasteiger charge is -2.26. The zero-order chi connectivity index (χ0) is 22.0. The molecule has 4 rings (SSSR count). The fourth-order valence-electron chi connectivity index (χ4n) is 4.58. The van der Waals surface area contributed by atoms with E-state index in [4.69, 9.17) is 4.74 Å². The average molecular weight is 422 g/mol. The summed E-state index contributed by atoms with van der Waals surface area (Å²) in [6.45, 7) is 7.68. The van der Waals surface area contributed by atoms with Crippen LogP contribution in [0.5, 0.6) is 5.75 Å². The Morgan fingerprint density at radius 2 is 1.77 bits per heavy atom. The van der Waals surface area contributed by atoms with Gasteiger partial charge in [0.25, 0.3) is 0 Å². The van der Waals surface area contributed by atoms with Gasteiger partial charge >= 0.3 is 0 Å². The Labute approximate surface area is 184 Å². The topological polar surface area (TPSA) is 53.1 Å². The van der Waals surface area contributed by atoms with Gasteiger partial charge in [0.15, 0.2) is 0 Å². The predicted octanol–water partition coefficient (Wildman–Crippen LogP) is 3.40. The maximum atomic E-state index is 13.3. The third-order valence-corrected chi connectivity index (χ3v) is 6.59. The first-order valence-corrected chi connectivity index (χ1v) is 11.0. The summed E-state index contributed by atoms with van der Waals surface area (Å²) in [5.41, 5.74) is 4.34. The minimum atomic E-state index is -0.264. The third kappa shape index (κ3) is 4.38. The van der Waals surface area contributed by atoms with Crippen LogP contribution in [0, 0.1) is 19.8 Å². The van der Waals surface area contributed by atoms with Gasteiger partial charge < -0.3 is 19.4 Å². The van der Waals surface area contributed by atoms with E-state index >= 15 is 0 Å². The summed E-state index contributed by atoms with van der Waals surface area (Å²) in [4.78, 5) is 32.1. The number of nitrogens with zero attached hydrogens (tertiary/aromatic N) is 3. The highest BCUT2D eigenvalue weighted by molar-refractivity contribution is 6.01. The van der Waals surface area contributed by atoms with E-state index in [9.17, 15) is 9.59 Å². The molecule has 1 unspecified atom stereocenters. The van der Waals surface area contributed by atoms with E-state index in [1.165, 1.54) is 0 Å². The molecular weight excluding hydrogens is 390 g/mol. The normalized spacial score (nSPS) is 19.5. The number of carbonyl (C=O) groups excluding carboxylic acids is 2. The number of amides is 2. The van der Waals surface area contributed by atoms with Crippen molar-refractivity contribution in [2.24, 2.45) is 5.92 Å². The first kappa shape index (κ1) is 21.2. The summed E-state index contributed by atoms with van der Waals surface area (Å²) in [7, 11) is 1.67. The van der Waals surface area contributed by atoms with Crippen molar-refractivity contribution in [3.05, 3.63) is 53.6 Å². The molecule has 0 bridgehead atoms. The molecule has 0 saturated carbocycles. The molecule has 0 aromatic heterocycles. The summed E-state index contributed by atoms with van der Waals surface area (Å²) in [5.74, 6) is 0.731. The highest BCUT2D eigenvalue weighted by Gasteiger charge is 2.38. The number of hydrogen-bond donors (Lipinski definition) is 0. The molecule has 6 nitrogen and oxygen atoms in total. The molecule has 2 amide bonds. The summed E-state index contributed by atoms with van der Waals surface area (Å²) in [6, 6.07) is 14.1. The highest BCUT2D eigenvalue weighted by Crippen LogP contribution is 2.30. The van der Waals surface area contributed by atoms with Gasteiger partial charge in [0, 0.05) is 50.5 Å². The third-order valence-electron chi connectivity index (χ3n) is 6.59. The number of benzene rings is 2. The number of ether oxygens (including phenoxy) is 1. The molecule has 0 radical (unpaired) electrons. The van der Waals surface area contributed by atoms with Gasteiger partial charge in [-0.2, -0.15) is 0 Å². The van der Waals surface area contributed by atoms with E-state index in [1.54, 1.807) is 12.0 Å². The SMILES string of the molecule is COc1ccc(N2CCCN(C(=O)C3CC(=O)N(c4cccc(C)c4C)C3)CC2)cc1. The van der Waals surface area contributed by atoms with Crippen molar-refractivity contribution in [1.82, 2.24) is 4.90 Å². The summed E-state index contributed by atoms with van der Waals surface area (Å²) >= 11 is 0. The van der Waals surface area contributed by atoms with E-state index < -0.39 is 0 Å². The van der Waals surface area contributed by atoms with Gasteiger partial charge in [-0.25, -0.2) is 0 Å². The van der Waals surface area contributed by atoms with Gasteiger partial charge in [0.2, 0.25) is 11.8 Å². The van der Waals surface area contributed by atoms with Crippen molar-refractivity contribution in [2.75, 3.05) is 49.6 Å². The van der Waals surface area contributed by atoms with Crippen LogP contribution in [0.1, 0.15) is 24.0 Å². The fraction of sp³-hybridized carbons (Fsp3) is 0.440. The number of rotatable bonds is 4. The molecule has 0 N–H and O–H groups in total. The Balaban J connectivity index is 1.40. The smallest absolute Gasteiger partial charge is 0.228 e. The van der Waals surface area contributed by atoms with Crippen LogP contribution in [-0.4, -0.2) is 56.5 Å². The van der Waals surface area contributed by atoms with Crippen molar-refractivity contribution in [2.45, 2.75) is 26.7 Å². The van der Waals surface area contributed by atoms with Gasteiger partial charge in [-0.1, -0.05) is 12.1 Å². The first-order valence-electron chi connectivity index (χ1n) is 11.0. The van der Waals surface area contributed by atoms with Crippen LogP contribution in [0.2, 0.25) is 0 Å². The zero-order valence-corrected chi connectivity index (χ0v) is 18.6. The maximum absolute atomic E-state index is 13.3. The number of carbonyl (C=O) groups is 2. The van der Waals surface area contributed by atoms with E-state index in [2.05, 4.69) is 17.0 Å². The second-order valence-electron chi connectivity index (χ2n) is 8.49. The summed E-state index contributed by atoms with van der Waals surface area (Å²) < 4.78 is 5.25. The van der Waals surface area contributed by atoms with Crippen molar-refractivity contribution in [1.29, 1.82) is 0 Å². The minimum absolute atomic E-state index is 0.0433. The standard InChI is InChI=1S/C25H31N3O3/c1-18-6-4-7-23(19(18)2)28-17-20(16-24(28)29)25(30)27-13-5-12-26(14-15-27)21-8-10-22(31-3)11-9-21/h4,6-11,20H,5,12-17H2,1-3H3. The molecule has 2 aliphatic rings. The van der Waals surface area contributed by atoms with E-state index in [1.807, 2.05) is 49.1 Å². The zero-order valence-electron chi connectivity index (χ0n) is 18.6. The van der Waals surface area contributed by atoms with Gasteiger partial charge in [0.1, 0.15) is 5.75 Å². The number of methoxy groups -OCH3 is 1. The fourth-order valence-corrected chi connectivity index (χ4v) is 4.58. The second-order valence-corrected chi connectivity index (χ2v) is 8.49. The first-order chi connectivity index (χ1) is 15.0. The van der Waals surface area contributed by atoms with Crippen molar-refractivity contribution in [3.8, 4) is 5.75 Å². The van der Waals surface area contributed by atoms with Crippen LogP contribution in [0.4, 0.5) is 11.4 Å². The molecule has 2 saturated heterocycles. The van der Waals surface area contributed by atoms with Crippen LogP contribution in [-0.2, 0) is 9.59 Å². The summed E-state index contributed by atoms with van der Waals surface area (Å²) in [5, 5.41) is 0. The van der Waals surface area contributed by atoms with Crippen LogP contribution >= 0.6 is 0 Å². The molecule has 0 spiro atoms. The Bertz CT molecular complexity index is 957. The quantitative estimate of drug-likeness (QED) is 0.759. The number of aryl methyl sites for hydroxylation is 1. The number of hydrogen-bond acceptors (Lipinski definition) is 4. The van der Waals surface area contributed by atoms with Crippen molar-refractivity contribution in [3.63, 3.8) is 0 Å². The van der Waals surface area contributed by atoms with Crippen LogP contribution in [0.15, 0.2) is 42.5 Å². The lowest BCUT2D eigenvalue weighted by atomic mass is 10.1. The molecule has 0 aliphatic carbocycles. The van der Waals surface area contributed by atoms with E-state index in [0.717, 1.165) is 54.3 Å². The monoisotopic (exact) mass is 421 g/mol. The molecule has 2 aliphatic heterocycles. The summed E-state index contributed by atoms with van der Waals surface area (Å²) in [6.07, 6.45) is 1.21. The Morgan fingerprint density at radius 3 is 2.52 bits per heavy atom. The molecule has 1 atom stereocenters. The molecule has 6 heteroatoms. The highest BCUT2D eigenvalue weighted by atomic mass is 16.5. The average Bonchev–Trinajstić information content (AvgIpc) is 3.00. The lowest BCUT2D eigenvalue weighted by Crippen LogP contribution is -2.40. The van der Waals surface area contributed by atoms with Crippen molar-refractivity contribution >= 4 is 23.2 Å². The minimum Gasteiger partial charge on any atom is -0.497 e. The van der Waals surface area contributed by atoms with E-state index in [0.29, 0.717) is 19.5 Å². The van der Waals surface area contributed by atoms with Gasteiger partial charge in [-0.05, 0) is 61.7 Å². The van der Waals surface area contributed by atoms with Gasteiger partial charge in [-0.15, -0.1) is 0 Å². The lowest BCUT2D eigenvalue weighted by molar-refractivity contribution is -0.135. The van der Waals surface area contributed by atoms with Gasteiger partial charge in [-0.3, -0.25) is 9.59 Å². The molecule has 2 heterocycles. The Hall–Kier alpha value is -3.02. The Kier molecular flexibility index (Phi) is 6.16. The van der Waals surface area contributed by atoms with Gasteiger partial charge in [0.05, 0.1) is 13.0 Å².